The SMILES string of the molecule is CC(C(=O)N(C)Cc1cccnc1)n1cncn1. The van der Waals surface area contributed by atoms with Crippen molar-refractivity contribution < 1.29 is 4.79 Å². The molecule has 0 saturated carbocycles. The molecule has 1 atom stereocenters. The van der Waals surface area contributed by atoms with E-state index in [1.807, 2.05) is 12.1 Å². The van der Waals surface area contributed by atoms with Gasteiger partial charge in [0.05, 0.1) is 0 Å². The largest absolute Gasteiger partial charge is 0.340 e. The van der Waals surface area contributed by atoms with Crippen LogP contribution in [0.4, 0.5) is 0 Å². The van der Waals surface area contributed by atoms with Crippen LogP contribution in [0, 0.1) is 0 Å². The summed E-state index contributed by atoms with van der Waals surface area (Å²) in [7, 11) is 1.77. The highest BCUT2D eigenvalue weighted by atomic mass is 16.2. The van der Waals surface area contributed by atoms with E-state index in [9.17, 15) is 4.79 Å². The standard InChI is InChI=1S/C12H15N5O/c1-10(17-9-14-8-15-17)12(18)16(2)7-11-4-3-5-13-6-11/h3-6,8-10H,7H2,1-2H3. The zero-order valence-electron chi connectivity index (χ0n) is 10.4. The van der Waals surface area contributed by atoms with E-state index in [1.165, 1.54) is 6.33 Å². The molecule has 2 aromatic rings. The molecule has 6 heteroatoms. The number of nitrogens with zero attached hydrogens (tertiary/aromatic N) is 5. The smallest absolute Gasteiger partial charge is 0.247 e. The van der Waals surface area contributed by atoms with E-state index in [0.717, 1.165) is 5.56 Å². The predicted molar refractivity (Wildman–Crippen MR) is 65.4 cm³/mol. The van der Waals surface area contributed by atoms with Crippen molar-refractivity contribution in [3.8, 4) is 0 Å². The Morgan fingerprint density at radius 1 is 1.50 bits per heavy atom. The topological polar surface area (TPSA) is 63.9 Å². The monoisotopic (exact) mass is 245 g/mol. The Morgan fingerprint density at radius 3 is 2.94 bits per heavy atom. The highest BCUT2D eigenvalue weighted by Crippen LogP contribution is 2.09. The first-order valence-electron chi connectivity index (χ1n) is 5.66. The van der Waals surface area contributed by atoms with Crippen LogP contribution < -0.4 is 0 Å². The second-order valence-corrected chi connectivity index (χ2v) is 4.11. The number of pyridine rings is 1. The molecule has 0 aliphatic heterocycles. The summed E-state index contributed by atoms with van der Waals surface area (Å²) >= 11 is 0. The molecule has 0 aliphatic rings. The first kappa shape index (κ1) is 12.2. The molecule has 0 radical (unpaired) electrons. The van der Waals surface area contributed by atoms with Crippen LogP contribution in [0.5, 0.6) is 0 Å². The van der Waals surface area contributed by atoms with Gasteiger partial charge in [0.2, 0.25) is 5.91 Å². The van der Waals surface area contributed by atoms with Crippen molar-refractivity contribution in [2.24, 2.45) is 0 Å². The van der Waals surface area contributed by atoms with Crippen LogP contribution >= 0.6 is 0 Å². The van der Waals surface area contributed by atoms with Crippen molar-refractivity contribution in [2.45, 2.75) is 19.5 Å². The lowest BCUT2D eigenvalue weighted by Gasteiger charge is -2.21. The minimum absolute atomic E-state index is 0.00986. The molecule has 2 aromatic heterocycles. The molecule has 6 nitrogen and oxygen atoms in total. The predicted octanol–water partition coefficient (Wildman–Crippen LogP) is 0.893. The summed E-state index contributed by atoms with van der Waals surface area (Å²) in [4.78, 5) is 21.7. The average Bonchev–Trinajstić information content (AvgIpc) is 2.92. The Hall–Kier alpha value is -2.24. The average molecular weight is 245 g/mol. The summed E-state index contributed by atoms with van der Waals surface area (Å²) in [6.45, 7) is 2.34. The van der Waals surface area contributed by atoms with E-state index in [4.69, 9.17) is 0 Å². The zero-order valence-corrected chi connectivity index (χ0v) is 10.4. The molecule has 0 spiro atoms. The Bertz CT molecular complexity index is 496. The van der Waals surface area contributed by atoms with Gasteiger partial charge in [0.25, 0.3) is 0 Å². The van der Waals surface area contributed by atoms with Crippen LogP contribution in [-0.4, -0.2) is 37.6 Å². The van der Waals surface area contributed by atoms with E-state index >= 15 is 0 Å². The molecule has 0 aliphatic carbocycles. The normalized spacial score (nSPS) is 12.1. The molecule has 94 valence electrons. The number of carbonyl (C=O) groups is 1. The second kappa shape index (κ2) is 5.39. The highest BCUT2D eigenvalue weighted by molar-refractivity contribution is 5.79. The minimum atomic E-state index is -0.353. The molecule has 0 saturated heterocycles. The highest BCUT2D eigenvalue weighted by Gasteiger charge is 2.19. The van der Waals surface area contributed by atoms with Crippen molar-refractivity contribution in [1.82, 2.24) is 24.6 Å². The van der Waals surface area contributed by atoms with Gasteiger partial charge in [-0.05, 0) is 18.6 Å². The van der Waals surface area contributed by atoms with E-state index < -0.39 is 0 Å². The number of aromatic nitrogens is 4. The molecular weight excluding hydrogens is 230 g/mol. The molecule has 1 unspecified atom stereocenters. The molecule has 0 N–H and O–H groups in total. The number of rotatable bonds is 4. The summed E-state index contributed by atoms with van der Waals surface area (Å²) in [6, 6.07) is 3.44. The summed E-state index contributed by atoms with van der Waals surface area (Å²) < 4.78 is 1.54. The number of likely N-dealkylation sites (N-methyl/N-ethyl adjacent to an activating group) is 1. The van der Waals surface area contributed by atoms with Gasteiger partial charge in [-0.3, -0.25) is 9.78 Å². The zero-order chi connectivity index (χ0) is 13.0. The quantitative estimate of drug-likeness (QED) is 0.802. The summed E-state index contributed by atoms with van der Waals surface area (Å²) in [5, 5.41) is 3.97. The van der Waals surface area contributed by atoms with Crippen LogP contribution in [0.25, 0.3) is 0 Å². The number of carbonyl (C=O) groups excluding carboxylic acids is 1. The first-order chi connectivity index (χ1) is 8.68. The maximum absolute atomic E-state index is 12.2. The molecule has 0 fully saturated rings. The molecule has 0 bridgehead atoms. The van der Waals surface area contributed by atoms with E-state index in [1.54, 1.807) is 42.3 Å². The minimum Gasteiger partial charge on any atom is -0.340 e. The van der Waals surface area contributed by atoms with Crippen LogP contribution in [0.3, 0.4) is 0 Å². The lowest BCUT2D eigenvalue weighted by atomic mass is 10.2. The van der Waals surface area contributed by atoms with Crippen LogP contribution in [-0.2, 0) is 11.3 Å². The number of hydrogen-bond acceptors (Lipinski definition) is 4. The Balaban J connectivity index is 2.01. The van der Waals surface area contributed by atoms with Gasteiger partial charge in [-0.2, -0.15) is 5.10 Å². The lowest BCUT2D eigenvalue weighted by molar-refractivity contribution is -0.133. The van der Waals surface area contributed by atoms with Gasteiger partial charge in [0.15, 0.2) is 0 Å². The third kappa shape index (κ3) is 2.71. The lowest BCUT2D eigenvalue weighted by Crippen LogP contribution is -2.33. The Morgan fingerprint density at radius 2 is 2.33 bits per heavy atom. The molecule has 0 aromatic carbocycles. The molecular formula is C12H15N5O. The van der Waals surface area contributed by atoms with Gasteiger partial charge < -0.3 is 4.90 Å². The Kier molecular flexibility index (Phi) is 3.66. The van der Waals surface area contributed by atoms with Crippen molar-refractivity contribution in [2.75, 3.05) is 7.05 Å². The van der Waals surface area contributed by atoms with Gasteiger partial charge >= 0.3 is 0 Å². The Labute approximate surface area is 105 Å². The number of hydrogen-bond donors (Lipinski definition) is 0. The van der Waals surface area contributed by atoms with Gasteiger partial charge in [0, 0.05) is 26.0 Å². The fraction of sp³-hybridized carbons (Fsp3) is 0.333. The first-order valence-corrected chi connectivity index (χ1v) is 5.66. The van der Waals surface area contributed by atoms with Crippen molar-refractivity contribution >= 4 is 5.91 Å². The van der Waals surface area contributed by atoms with Gasteiger partial charge in [-0.25, -0.2) is 9.67 Å². The maximum atomic E-state index is 12.2. The van der Waals surface area contributed by atoms with E-state index in [0.29, 0.717) is 6.54 Å². The van der Waals surface area contributed by atoms with Crippen LogP contribution in [0.1, 0.15) is 18.5 Å². The fourth-order valence-corrected chi connectivity index (χ4v) is 1.69. The fourth-order valence-electron chi connectivity index (χ4n) is 1.69. The summed E-state index contributed by atoms with van der Waals surface area (Å²) in [6.07, 6.45) is 6.43. The van der Waals surface area contributed by atoms with E-state index in [2.05, 4.69) is 15.1 Å². The third-order valence-electron chi connectivity index (χ3n) is 2.71. The summed E-state index contributed by atoms with van der Waals surface area (Å²) in [5.41, 5.74) is 0.999. The molecule has 1 amide bonds. The number of amides is 1. The summed E-state index contributed by atoms with van der Waals surface area (Å²) in [5.74, 6) is -0.00986. The van der Waals surface area contributed by atoms with Gasteiger partial charge in [0.1, 0.15) is 18.7 Å². The second-order valence-electron chi connectivity index (χ2n) is 4.11. The molecule has 2 rings (SSSR count). The van der Waals surface area contributed by atoms with Gasteiger partial charge in [-0.15, -0.1) is 0 Å². The van der Waals surface area contributed by atoms with E-state index in [-0.39, 0.29) is 11.9 Å². The van der Waals surface area contributed by atoms with Crippen molar-refractivity contribution in [1.29, 1.82) is 0 Å². The van der Waals surface area contributed by atoms with Crippen LogP contribution in [0.15, 0.2) is 37.2 Å². The van der Waals surface area contributed by atoms with Crippen molar-refractivity contribution in [3.63, 3.8) is 0 Å². The van der Waals surface area contributed by atoms with Gasteiger partial charge in [-0.1, -0.05) is 6.07 Å². The maximum Gasteiger partial charge on any atom is 0.247 e. The van der Waals surface area contributed by atoms with Crippen LogP contribution in [0.2, 0.25) is 0 Å². The third-order valence-corrected chi connectivity index (χ3v) is 2.71. The molecule has 2 heterocycles. The van der Waals surface area contributed by atoms with Crippen molar-refractivity contribution in [3.05, 3.63) is 42.7 Å². The molecule has 18 heavy (non-hydrogen) atoms.